The van der Waals surface area contributed by atoms with Crippen LogP contribution in [-0.4, -0.2) is 10.9 Å². The van der Waals surface area contributed by atoms with Gasteiger partial charge in [-0.2, -0.15) is 4.37 Å². The molecule has 0 radical (unpaired) electrons. The summed E-state index contributed by atoms with van der Waals surface area (Å²) < 4.78 is 4.48. The second-order valence-corrected chi connectivity index (χ2v) is 6.43. The van der Waals surface area contributed by atoms with E-state index in [0.29, 0.717) is 6.54 Å². The molecule has 1 aromatic heterocycles. The zero-order valence-electron chi connectivity index (χ0n) is 11.2. The van der Waals surface area contributed by atoms with E-state index in [1.165, 1.54) is 16.0 Å². The highest BCUT2D eigenvalue weighted by Gasteiger charge is 2.13. The lowest BCUT2D eigenvalue weighted by Gasteiger charge is -2.18. The molecule has 3 heteroatoms. The molecule has 18 heavy (non-hydrogen) atoms. The fraction of sp³-hybridized carbons (Fsp3) is 0.400. The van der Waals surface area contributed by atoms with Crippen molar-refractivity contribution in [3.63, 3.8) is 0 Å². The number of rotatable bonds is 3. The molecule has 1 heterocycles. The van der Waals surface area contributed by atoms with Gasteiger partial charge in [0.25, 0.3) is 0 Å². The molecule has 96 valence electrons. The maximum absolute atomic E-state index is 5.56. The van der Waals surface area contributed by atoms with Crippen molar-refractivity contribution in [1.29, 1.82) is 0 Å². The molecule has 0 atom stereocenters. The lowest BCUT2D eigenvalue weighted by Crippen LogP contribution is -2.10. The molecule has 1 aromatic carbocycles. The lowest BCUT2D eigenvalue weighted by molar-refractivity contribution is 0.590. The Hall–Kier alpha value is -1.19. The third-order valence-corrected chi connectivity index (χ3v) is 3.84. The summed E-state index contributed by atoms with van der Waals surface area (Å²) in [5, 5.41) is 0. The van der Waals surface area contributed by atoms with E-state index >= 15 is 0 Å². The van der Waals surface area contributed by atoms with Crippen LogP contribution in [-0.2, 0) is 11.8 Å². The van der Waals surface area contributed by atoms with Crippen molar-refractivity contribution in [2.24, 2.45) is 5.73 Å². The summed E-state index contributed by atoms with van der Waals surface area (Å²) in [4.78, 5) is 1.26. The average molecular weight is 260 g/mol. The highest BCUT2D eigenvalue weighted by molar-refractivity contribution is 7.06. The second-order valence-electron chi connectivity index (χ2n) is 5.54. The van der Waals surface area contributed by atoms with Gasteiger partial charge in [-0.05, 0) is 41.5 Å². The molecule has 0 saturated heterocycles. The van der Waals surface area contributed by atoms with Gasteiger partial charge in [-0.1, -0.05) is 45.0 Å². The van der Waals surface area contributed by atoms with E-state index in [2.05, 4.69) is 55.5 Å². The van der Waals surface area contributed by atoms with E-state index in [1.807, 2.05) is 0 Å². The Morgan fingerprint density at radius 3 is 2.39 bits per heavy atom. The maximum Gasteiger partial charge on any atom is 0.0843 e. The number of benzene rings is 1. The molecule has 0 aliphatic rings. The van der Waals surface area contributed by atoms with E-state index in [0.717, 1.165) is 12.1 Å². The van der Waals surface area contributed by atoms with Crippen molar-refractivity contribution in [3.8, 4) is 11.3 Å². The minimum absolute atomic E-state index is 0.200. The molecule has 0 fully saturated rings. The quantitative estimate of drug-likeness (QED) is 0.915. The van der Waals surface area contributed by atoms with Crippen LogP contribution in [0.3, 0.4) is 0 Å². The van der Waals surface area contributed by atoms with Crippen LogP contribution in [0.25, 0.3) is 11.3 Å². The SMILES string of the molecule is CC(C)(C)c1ccc(-c2cc(CCN)sn2)cc1. The minimum atomic E-state index is 0.200. The summed E-state index contributed by atoms with van der Waals surface area (Å²) >= 11 is 1.55. The van der Waals surface area contributed by atoms with E-state index < -0.39 is 0 Å². The van der Waals surface area contributed by atoms with Gasteiger partial charge in [0.1, 0.15) is 0 Å². The van der Waals surface area contributed by atoms with Crippen molar-refractivity contribution < 1.29 is 0 Å². The first-order valence-corrected chi connectivity index (χ1v) is 7.04. The number of hydrogen-bond acceptors (Lipinski definition) is 3. The molecular weight excluding hydrogens is 240 g/mol. The lowest BCUT2D eigenvalue weighted by atomic mass is 9.86. The molecule has 2 rings (SSSR count). The van der Waals surface area contributed by atoms with E-state index in [4.69, 9.17) is 5.73 Å². The van der Waals surface area contributed by atoms with Gasteiger partial charge in [0.05, 0.1) is 5.69 Å². The Balaban J connectivity index is 2.23. The summed E-state index contributed by atoms with van der Waals surface area (Å²) in [5.74, 6) is 0. The molecule has 2 aromatic rings. The summed E-state index contributed by atoms with van der Waals surface area (Å²) in [6, 6.07) is 10.8. The van der Waals surface area contributed by atoms with Gasteiger partial charge in [0, 0.05) is 10.4 Å². The third-order valence-electron chi connectivity index (χ3n) is 3.00. The first-order chi connectivity index (χ1) is 8.50. The van der Waals surface area contributed by atoms with Crippen LogP contribution >= 0.6 is 11.5 Å². The number of nitrogens with zero attached hydrogens (tertiary/aromatic N) is 1. The predicted molar refractivity (Wildman–Crippen MR) is 79.0 cm³/mol. The van der Waals surface area contributed by atoms with Crippen molar-refractivity contribution in [1.82, 2.24) is 4.37 Å². The molecule has 2 nitrogen and oxygen atoms in total. The summed E-state index contributed by atoms with van der Waals surface area (Å²) in [6.45, 7) is 7.36. The molecule has 0 unspecified atom stereocenters. The Morgan fingerprint density at radius 1 is 1.17 bits per heavy atom. The van der Waals surface area contributed by atoms with Crippen molar-refractivity contribution >= 4 is 11.5 Å². The van der Waals surface area contributed by atoms with Gasteiger partial charge in [0.2, 0.25) is 0 Å². The molecular formula is C15H20N2S. The van der Waals surface area contributed by atoms with E-state index in [9.17, 15) is 0 Å². The van der Waals surface area contributed by atoms with Crippen molar-refractivity contribution in [2.75, 3.05) is 6.54 Å². The maximum atomic E-state index is 5.56. The zero-order chi connectivity index (χ0) is 13.2. The first kappa shape index (κ1) is 13.2. The molecule has 0 amide bonds. The van der Waals surface area contributed by atoms with Crippen LogP contribution in [0.1, 0.15) is 31.2 Å². The van der Waals surface area contributed by atoms with Crippen LogP contribution in [0.2, 0.25) is 0 Å². The zero-order valence-corrected chi connectivity index (χ0v) is 12.1. The third kappa shape index (κ3) is 2.98. The van der Waals surface area contributed by atoms with Crippen LogP contribution in [0.5, 0.6) is 0 Å². The van der Waals surface area contributed by atoms with Gasteiger partial charge in [-0.25, -0.2) is 0 Å². The van der Waals surface area contributed by atoms with Crippen molar-refractivity contribution in [3.05, 3.63) is 40.8 Å². The molecule has 0 saturated carbocycles. The van der Waals surface area contributed by atoms with E-state index in [1.54, 1.807) is 11.5 Å². The van der Waals surface area contributed by atoms with Gasteiger partial charge in [-0.15, -0.1) is 0 Å². The van der Waals surface area contributed by atoms with Gasteiger partial charge in [0.15, 0.2) is 0 Å². The van der Waals surface area contributed by atoms with Crippen LogP contribution < -0.4 is 5.73 Å². The van der Waals surface area contributed by atoms with Crippen LogP contribution in [0, 0.1) is 0 Å². The Bertz CT molecular complexity index is 506. The molecule has 0 spiro atoms. The fourth-order valence-electron chi connectivity index (χ4n) is 1.85. The summed E-state index contributed by atoms with van der Waals surface area (Å²) in [6.07, 6.45) is 0.914. The summed E-state index contributed by atoms with van der Waals surface area (Å²) in [7, 11) is 0. The minimum Gasteiger partial charge on any atom is -0.330 e. The van der Waals surface area contributed by atoms with Crippen LogP contribution in [0.15, 0.2) is 30.3 Å². The predicted octanol–water partition coefficient (Wildman–Crippen LogP) is 3.61. The standard InChI is InChI=1S/C15H20N2S/c1-15(2,3)12-6-4-11(5-7-12)14-10-13(8-9-16)18-17-14/h4-7,10H,8-9,16H2,1-3H3. The Labute approximate surface area is 113 Å². The highest BCUT2D eigenvalue weighted by Crippen LogP contribution is 2.27. The normalized spacial score (nSPS) is 11.8. The average Bonchev–Trinajstić information content (AvgIpc) is 2.77. The van der Waals surface area contributed by atoms with Crippen molar-refractivity contribution in [2.45, 2.75) is 32.6 Å². The number of hydrogen-bond donors (Lipinski definition) is 1. The summed E-state index contributed by atoms with van der Waals surface area (Å²) in [5.41, 5.74) is 9.35. The van der Waals surface area contributed by atoms with Gasteiger partial charge in [-0.3, -0.25) is 0 Å². The molecule has 0 aliphatic carbocycles. The Morgan fingerprint density at radius 2 is 1.83 bits per heavy atom. The molecule has 0 bridgehead atoms. The second kappa shape index (κ2) is 5.21. The van der Waals surface area contributed by atoms with E-state index in [-0.39, 0.29) is 5.41 Å². The monoisotopic (exact) mass is 260 g/mol. The highest BCUT2D eigenvalue weighted by atomic mass is 32.1. The molecule has 0 aliphatic heterocycles. The smallest absolute Gasteiger partial charge is 0.0843 e. The van der Waals surface area contributed by atoms with Crippen LogP contribution in [0.4, 0.5) is 0 Å². The fourth-order valence-corrected chi connectivity index (χ4v) is 2.60. The van der Waals surface area contributed by atoms with Gasteiger partial charge >= 0.3 is 0 Å². The number of aromatic nitrogens is 1. The van der Waals surface area contributed by atoms with Gasteiger partial charge < -0.3 is 5.73 Å². The Kier molecular flexibility index (Phi) is 3.83. The first-order valence-electron chi connectivity index (χ1n) is 6.27. The number of nitrogens with two attached hydrogens (primary N) is 1. The largest absolute Gasteiger partial charge is 0.330 e. The topological polar surface area (TPSA) is 38.9 Å². The molecule has 2 N–H and O–H groups in total.